The number of halogens is 1. The summed E-state index contributed by atoms with van der Waals surface area (Å²) in [6.07, 6.45) is 0. The molecule has 2 aromatic rings. The predicted molar refractivity (Wildman–Crippen MR) is 119 cm³/mol. The molecule has 0 unspecified atom stereocenters. The highest BCUT2D eigenvalue weighted by atomic mass is 32.2. The van der Waals surface area contributed by atoms with Crippen LogP contribution in [0.5, 0.6) is 0 Å². The summed E-state index contributed by atoms with van der Waals surface area (Å²) in [7, 11) is -1.02. The topological polar surface area (TPSA) is 47.1 Å². The van der Waals surface area contributed by atoms with Crippen LogP contribution in [-0.2, 0) is 16.6 Å². The number of fused-ring (bicyclic) bond motifs is 1. The highest BCUT2D eigenvalue weighted by Gasteiger charge is 2.26. The molecule has 4 rings (SSSR count). The molecule has 0 bridgehead atoms. The van der Waals surface area contributed by atoms with Gasteiger partial charge in [-0.3, -0.25) is 0 Å². The van der Waals surface area contributed by atoms with Crippen molar-refractivity contribution in [3.8, 4) is 0 Å². The average Bonchev–Trinajstić information content (AvgIpc) is 2.92. The Morgan fingerprint density at radius 2 is 1.57 bits per heavy atom. The van der Waals surface area contributed by atoms with Crippen molar-refractivity contribution < 1.29 is 12.8 Å². The maximum absolute atomic E-state index is 13.4. The number of piperazine rings is 1. The second-order valence-corrected chi connectivity index (χ2v) is 10.2. The van der Waals surface area contributed by atoms with Gasteiger partial charge in [-0.15, -0.1) is 0 Å². The van der Waals surface area contributed by atoms with Gasteiger partial charge >= 0.3 is 0 Å². The van der Waals surface area contributed by atoms with Crippen LogP contribution in [-0.4, -0.2) is 69.7 Å². The molecule has 0 aliphatic carbocycles. The number of rotatable bonds is 4. The van der Waals surface area contributed by atoms with Crippen LogP contribution in [0.1, 0.15) is 12.5 Å². The van der Waals surface area contributed by atoms with Gasteiger partial charge < -0.3 is 14.7 Å². The van der Waals surface area contributed by atoms with Crippen LogP contribution >= 0.6 is 0 Å². The first-order valence-electron chi connectivity index (χ1n) is 10.4. The van der Waals surface area contributed by atoms with E-state index < -0.39 is 10.0 Å². The molecule has 2 aliphatic heterocycles. The fourth-order valence-electron chi connectivity index (χ4n) is 4.22. The van der Waals surface area contributed by atoms with Gasteiger partial charge in [-0.2, -0.15) is 4.31 Å². The van der Waals surface area contributed by atoms with Crippen LogP contribution in [0.3, 0.4) is 0 Å². The van der Waals surface area contributed by atoms with E-state index in [1.165, 1.54) is 17.7 Å². The number of nitrogens with zero attached hydrogens (tertiary/aromatic N) is 4. The molecule has 2 aliphatic rings. The van der Waals surface area contributed by atoms with Crippen molar-refractivity contribution in [2.75, 3.05) is 61.9 Å². The van der Waals surface area contributed by atoms with Crippen molar-refractivity contribution in [2.24, 2.45) is 0 Å². The van der Waals surface area contributed by atoms with E-state index in [2.05, 4.69) is 39.9 Å². The van der Waals surface area contributed by atoms with Gasteiger partial charge in [-0.05, 0) is 62.0 Å². The Morgan fingerprint density at radius 3 is 2.23 bits per heavy atom. The first-order valence-corrected chi connectivity index (χ1v) is 12.1. The van der Waals surface area contributed by atoms with Gasteiger partial charge in [0.05, 0.1) is 5.75 Å². The molecule has 30 heavy (non-hydrogen) atoms. The first-order chi connectivity index (χ1) is 14.4. The van der Waals surface area contributed by atoms with Crippen molar-refractivity contribution in [3.63, 3.8) is 0 Å². The number of likely N-dealkylation sites (N-methyl/N-ethyl adjacent to an activating group) is 1. The molecule has 0 saturated carbocycles. The maximum atomic E-state index is 13.4. The second kappa shape index (κ2) is 8.53. The van der Waals surface area contributed by atoms with E-state index in [9.17, 15) is 12.8 Å². The molecule has 8 heteroatoms. The summed E-state index contributed by atoms with van der Waals surface area (Å²) in [5.74, 6) is -0.0808. The molecule has 0 spiro atoms. The lowest BCUT2D eigenvalue weighted by Gasteiger charge is -2.36. The zero-order valence-corrected chi connectivity index (χ0v) is 18.4. The van der Waals surface area contributed by atoms with E-state index >= 15 is 0 Å². The summed E-state index contributed by atoms with van der Waals surface area (Å²) >= 11 is 0. The number of sulfonamides is 1. The van der Waals surface area contributed by atoms with Gasteiger partial charge in [0.25, 0.3) is 0 Å². The molecule has 1 fully saturated rings. The lowest BCUT2D eigenvalue weighted by Crippen LogP contribution is -2.49. The quantitative estimate of drug-likeness (QED) is 0.744. The van der Waals surface area contributed by atoms with Crippen LogP contribution in [0.4, 0.5) is 21.5 Å². The van der Waals surface area contributed by atoms with Crippen molar-refractivity contribution in [3.05, 3.63) is 53.8 Å². The summed E-state index contributed by atoms with van der Waals surface area (Å²) in [4.78, 5) is 6.79. The van der Waals surface area contributed by atoms with E-state index in [0.29, 0.717) is 26.2 Å². The van der Waals surface area contributed by atoms with E-state index in [-0.39, 0.29) is 11.6 Å². The Kier molecular flexibility index (Phi) is 5.99. The number of benzene rings is 2. The average molecular weight is 433 g/mol. The molecule has 0 radical (unpaired) electrons. The SMILES string of the molecule is CCS(=O)(=O)N1CCN(c2ccc3c(c2)CN(C)CCN3c2ccc(F)cc2)CC1. The maximum Gasteiger partial charge on any atom is 0.213 e. The van der Waals surface area contributed by atoms with Crippen LogP contribution < -0.4 is 9.80 Å². The number of hydrogen-bond acceptors (Lipinski definition) is 5. The molecule has 0 atom stereocenters. The van der Waals surface area contributed by atoms with Crippen molar-refractivity contribution in [1.82, 2.24) is 9.21 Å². The highest BCUT2D eigenvalue weighted by molar-refractivity contribution is 7.89. The fraction of sp³-hybridized carbons (Fsp3) is 0.455. The largest absolute Gasteiger partial charge is 0.369 e. The molecule has 162 valence electrons. The van der Waals surface area contributed by atoms with E-state index in [4.69, 9.17) is 0 Å². The molecular weight excluding hydrogens is 403 g/mol. The van der Waals surface area contributed by atoms with Crippen LogP contribution in [0, 0.1) is 5.82 Å². The lowest BCUT2D eigenvalue weighted by molar-refractivity contribution is 0.343. The normalized spacial score (nSPS) is 18.9. The molecule has 1 saturated heterocycles. The number of hydrogen-bond donors (Lipinski definition) is 0. The predicted octanol–water partition coefficient (Wildman–Crippen LogP) is 2.88. The Balaban J connectivity index is 1.58. The Bertz CT molecular complexity index is 989. The second-order valence-electron chi connectivity index (χ2n) is 7.97. The smallest absolute Gasteiger partial charge is 0.213 e. The van der Waals surface area contributed by atoms with E-state index in [0.717, 1.165) is 36.7 Å². The van der Waals surface area contributed by atoms with Crippen molar-refractivity contribution in [1.29, 1.82) is 0 Å². The van der Waals surface area contributed by atoms with Crippen LogP contribution in [0.25, 0.3) is 0 Å². The molecule has 2 heterocycles. The molecule has 0 N–H and O–H groups in total. The molecule has 0 amide bonds. The summed E-state index contributed by atoms with van der Waals surface area (Å²) in [6.45, 7) is 6.70. The highest BCUT2D eigenvalue weighted by Crippen LogP contribution is 2.34. The standard InChI is InChI=1S/C22H29FN4O2S/c1-3-30(28,29)26-13-11-25(12-14-26)21-8-9-22-18(16-21)17-24(2)10-15-27(22)20-6-4-19(23)5-7-20/h4-9,16H,3,10-15,17H2,1-2H3. The third-order valence-electron chi connectivity index (χ3n) is 6.00. The fourth-order valence-corrected chi connectivity index (χ4v) is 5.30. The molecular formula is C22H29FN4O2S. The van der Waals surface area contributed by atoms with Crippen LogP contribution in [0.2, 0.25) is 0 Å². The van der Waals surface area contributed by atoms with Gasteiger partial charge in [-0.25, -0.2) is 12.8 Å². The zero-order valence-electron chi connectivity index (χ0n) is 17.6. The number of anilines is 3. The van der Waals surface area contributed by atoms with Gasteiger partial charge in [-0.1, -0.05) is 0 Å². The zero-order chi connectivity index (χ0) is 21.3. The lowest BCUT2D eigenvalue weighted by atomic mass is 10.1. The van der Waals surface area contributed by atoms with E-state index in [1.54, 1.807) is 11.2 Å². The minimum atomic E-state index is -3.13. The third kappa shape index (κ3) is 4.31. The van der Waals surface area contributed by atoms with Crippen molar-refractivity contribution in [2.45, 2.75) is 13.5 Å². The third-order valence-corrected chi connectivity index (χ3v) is 7.88. The minimum Gasteiger partial charge on any atom is -0.369 e. The van der Waals surface area contributed by atoms with Crippen molar-refractivity contribution >= 4 is 27.1 Å². The van der Waals surface area contributed by atoms with Crippen LogP contribution in [0.15, 0.2) is 42.5 Å². The minimum absolute atomic E-state index is 0.150. The summed E-state index contributed by atoms with van der Waals surface area (Å²) < 4.78 is 39.3. The summed E-state index contributed by atoms with van der Waals surface area (Å²) in [5.41, 5.74) is 4.47. The Morgan fingerprint density at radius 1 is 0.900 bits per heavy atom. The summed E-state index contributed by atoms with van der Waals surface area (Å²) in [6, 6.07) is 13.1. The first kappa shape index (κ1) is 21.1. The van der Waals surface area contributed by atoms with Gasteiger partial charge in [0.1, 0.15) is 5.82 Å². The Labute approximate surface area is 178 Å². The molecule has 6 nitrogen and oxygen atoms in total. The summed E-state index contributed by atoms with van der Waals surface area (Å²) in [5, 5.41) is 0. The monoisotopic (exact) mass is 432 g/mol. The molecule has 2 aromatic carbocycles. The van der Waals surface area contributed by atoms with Gasteiger partial charge in [0.15, 0.2) is 0 Å². The van der Waals surface area contributed by atoms with Gasteiger partial charge in [0, 0.05) is 62.9 Å². The molecule has 0 aromatic heterocycles. The Hall–Kier alpha value is -2.16. The van der Waals surface area contributed by atoms with Gasteiger partial charge in [0.2, 0.25) is 10.0 Å². The van der Waals surface area contributed by atoms with E-state index in [1.807, 2.05) is 12.1 Å².